The Hall–Kier alpha value is -1.40. The van der Waals surface area contributed by atoms with Gasteiger partial charge in [-0.05, 0) is 18.9 Å². The molecule has 0 aliphatic carbocycles. The molecule has 0 amide bonds. The highest BCUT2D eigenvalue weighted by Gasteiger charge is 2.09. The fourth-order valence-corrected chi connectivity index (χ4v) is 1.42. The second-order valence-electron chi connectivity index (χ2n) is 3.14. The predicted molar refractivity (Wildman–Crippen MR) is 57.7 cm³/mol. The molecule has 0 fully saturated rings. The molecule has 0 saturated heterocycles. The average molecular weight is 223 g/mol. The van der Waals surface area contributed by atoms with Crippen LogP contribution in [0.4, 0.5) is 0 Å². The maximum absolute atomic E-state index is 11.6. The Kier molecular flexibility index (Phi) is 4.79. The van der Waals surface area contributed by atoms with Crippen molar-refractivity contribution < 1.29 is 4.79 Å². The number of hydrogen-bond acceptors (Lipinski definition) is 3. The summed E-state index contributed by atoms with van der Waals surface area (Å²) in [5, 5.41) is 8.77. The van der Waals surface area contributed by atoms with E-state index in [0.29, 0.717) is 23.4 Å². The van der Waals surface area contributed by atoms with Crippen molar-refractivity contribution in [2.45, 2.75) is 25.7 Å². The number of halogens is 1. The van der Waals surface area contributed by atoms with E-state index >= 15 is 0 Å². The summed E-state index contributed by atoms with van der Waals surface area (Å²) in [7, 11) is 0. The molecule has 1 rings (SSSR count). The molecule has 4 heteroatoms. The zero-order valence-corrected chi connectivity index (χ0v) is 9.00. The maximum atomic E-state index is 11.6. The van der Waals surface area contributed by atoms with Gasteiger partial charge in [0.15, 0.2) is 5.78 Å². The van der Waals surface area contributed by atoms with E-state index in [1.807, 2.05) is 6.07 Å². The third kappa shape index (κ3) is 3.69. The van der Waals surface area contributed by atoms with E-state index < -0.39 is 0 Å². The Morgan fingerprint density at radius 2 is 2.33 bits per heavy atom. The summed E-state index contributed by atoms with van der Waals surface area (Å²) in [5.41, 5.74) is 0.469. The molecule has 1 heterocycles. The number of pyridine rings is 1. The summed E-state index contributed by atoms with van der Waals surface area (Å²) in [4.78, 5) is 15.5. The molecule has 1 aromatic rings. The van der Waals surface area contributed by atoms with Crippen LogP contribution >= 0.6 is 11.6 Å². The van der Waals surface area contributed by atoms with E-state index in [2.05, 4.69) is 4.98 Å². The molecule has 0 aliphatic rings. The molecule has 0 unspecified atom stereocenters. The molecular formula is C11H11ClN2O. The highest BCUT2D eigenvalue weighted by molar-refractivity contribution is 6.33. The highest BCUT2D eigenvalue weighted by Crippen LogP contribution is 2.16. The second kappa shape index (κ2) is 6.15. The predicted octanol–water partition coefficient (Wildman–Crippen LogP) is 3.00. The number of aromatic nitrogens is 1. The number of nitrogens with zero attached hydrogens (tertiary/aromatic N) is 2. The number of nitriles is 1. The smallest absolute Gasteiger partial charge is 0.165 e. The first-order chi connectivity index (χ1) is 7.25. The molecule has 0 aromatic carbocycles. The van der Waals surface area contributed by atoms with Gasteiger partial charge in [0, 0.05) is 25.2 Å². The molecule has 0 saturated carbocycles. The fourth-order valence-electron chi connectivity index (χ4n) is 1.21. The van der Waals surface area contributed by atoms with E-state index in [-0.39, 0.29) is 5.78 Å². The lowest BCUT2D eigenvalue weighted by Gasteiger charge is -2.01. The Morgan fingerprint density at radius 3 is 3.00 bits per heavy atom. The molecule has 0 N–H and O–H groups in total. The SMILES string of the molecule is N#CCCCCC(=O)c1cnccc1Cl. The van der Waals surface area contributed by atoms with Gasteiger partial charge >= 0.3 is 0 Å². The summed E-state index contributed by atoms with van der Waals surface area (Å²) in [5.74, 6) is -0.00830. The Morgan fingerprint density at radius 1 is 1.53 bits per heavy atom. The number of hydrogen-bond donors (Lipinski definition) is 0. The lowest BCUT2D eigenvalue weighted by atomic mass is 10.1. The van der Waals surface area contributed by atoms with Gasteiger partial charge in [-0.3, -0.25) is 9.78 Å². The molecule has 1 aromatic heterocycles. The summed E-state index contributed by atoms with van der Waals surface area (Å²) < 4.78 is 0. The first-order valence-electron chi connectivity index (χ1n) is 4.75. The van der Waals surface area contributed by atoms with Crippen LogP contribution in [-0.2, 0) is 0 Å². The summed E-state index contributed by atoms with van der Waals surface area (Å²) in [6, 6.07) is 3.64. The zero-order chi connectivity index (χ0) is 11.1. The molecule has 0 bridgehead atoms. The van der Waals surface area contributed by atoms with Crippen molar-refractivity contribution in [1.82, 2.24) is 4.98 Å². The van der Waals surface area contributed by atoms with Gasteiger partial charge in [0.25, 0.3) is 0 Å². The normalized spacial score (nSPS) is 9.60. The van der Waals surface area contributed by atoms with Crippen LogP contribution in [0.3, 0.4) is 0 Å². The van der Waals surface area contributed by atoms with E-state index in [4.69, 9.17) is 16.9 Å². The van der Waals surface area contributed by atoms with Crippen molar-refractivity contribution >= 4 is 17.4 Å². The minimum atomic E-state index is -0.00830. The number of rotatable bonds is 5. The van der Waals surface area contributed by atoms with Crippen molar-refractivity contribution in [3.05, 3.63) is 29.0 Å². The third-order valence-electron chi connectivity index (χ3n) is 2.01. The third-order valence-corrected chi connectivity index (χ3v) is 2.34. The number of ketones is 1. The Labute approximate surface area is 93.7 Å². The van der Waals surface area contributed by atoms with Crippen molar-refractivity contribution in [2.24, 2.45) is 0 Å². The van der Waals surface area contributed by atoms with Gasteiger partial charge in [0.1, 0.15) is 0 Å². The molecule has 3 nitrogen and oxygen atoms in total. The summed E-state index contributed by atoms with van der Waals surface area (Å²) in [6.07, 6.45) is 5.42. The molecular weight excluding hydrogens is 212 g/mol. The van der Waals surface area contributed by atoms with E-state index in [9.17, 15) is 4.79 Å². The minimum absolute atomic E-state index is 0.00830. The van der Waals surface area contributed by atoms with Gasteiger partial charge in [-0.15, -0.1) is 0 Å². The molecule has 0 aliphatic heterocycles. The lowest BCUT2D eigenvalue weighted by Crippen LogP contribution is -2.00. The van der Waals surface area contributed by atoms with Gasteiger partial charge in [0.2, 0.25) is 0 Å². The van der Waals surface area contributed by atoms with Gasteiger partial charge in [0.05, 0.1) is 16.7 Å². The second-order valence-corrected chi connectivity index (χ2v) is 3.55. The number of carbonyl (C=O) groups is 1. The summed E-state index contributed by atoms with van der Waals surface area (Å²) in [6.45, 7) is 0. The van der Waals surface area contributed by atoms with E-state index in [1.54, 1.807) is 12.3 Å². The molecule has 0 spiro atoms. The number of carbonyl (C=O) groups excluding carboxylic acids is 1. The first-order valence-corrected chi connectivity index (χ1v) is 5.13. The van der Waals surface area contributed by atoms with Crippen LogP contribution in [0, 0.1) is 11.3 Å². The van der Waals surface area contributed by atoms with E-state index in [1.165, 1.54) is 6.20 Å². The van der Waals surface area contributed by atoms with Crippen LogP contribution in [0.2, 0.25) is 5.02 Å². The molecule has 0 radical (unpaired) electrons. The van der Waals surface area contributed by atoms with Crippen LogP contribution in [-0.4, -0.2) is 10.8 Å². The number of Topliss-reactive ketones (excluding diaryl/α,β-unsaturated/α-hetero) is 1. The van der Waals surface area contributed by atoms with Crippen molar-refractivity contribution in [3.63, 3.8) is 0 Å². The molecule has 78 valence electrons. The maximum Gasteiger partial charge on any atom is 0.165 e. The largest absolute Gasteiger partial charge is 0.294 e. The summed E-state index contributed by atoms with van der Waals surface area (Å²) >= 11 is 5.85. The lowest BCUT2D eigenvalue weighted by molar-refractivity contribution is 0.0979. The van der Waals surface area contributed by atoms with Gasteiger partial charge in [-0.25, -0.2) is 0 Å². The number of unbranched alkanes of at least 4 members (excludes halogenated alkanes) is 2. The van der Waals surface area contributed by atoms with Crippen LogP contribution in [0.25, 0.3) is 0 Å². The van der Waals surface area contributed by atoms with Crippen LogP contribution < -0.4 is 0 Å². The zero-order valence-electron chi connectivity index (χ0n) is 8.24. The topological polar surface area (TPSA) is 53.8 Å². The van der Waals surface area contributed by atoms with Crippen LogP contribution in [0.1, 0.15) is 36.0 Å². The van der Waals surface area contributed by atoms with Gasteiger partial charge < -0.3 is 0 Å². The van der Waals surface area contributed by atoms with Crippen LogP contribution in [0.5, 0.6) is 0 Å². The van der Waals surface area contributed by atoms with Crippen molar-refractivity contribution in [1.29, 1.82) is 5.26 Å². The van der Waals surface area contributed by atoms with Crippen molar-refractivity contribution in [3.8, 4) is 6.07 Å². The van der Waals surface area contributed by atoms with Gasteiger partial charge in [-0.1, -0.05) is 11.6 Å². The van der Waals surface area contributed by atoms with Gasteiger partial charge in [-0.2, -0.15) is 5.26 Å². The molecule has 15 heavy (non-hydrogen) atoms. The highest BCUT2D eigenvalue weighted by atomic mass is 35.5. The van der Waals surface area contributed by atoms with Crippen molar-refractivity contribution in [2.75, 3.05) is 0 Å². The fraction of sp³-hybridized carbons (Fsp3) is 0.364. The standard InChI is InChI=1S/C11H11ClN2O/c12-10-5-7-14-8-9(10)11(15)4-2-1-3-6-13/h5,7-8H,1-4H2. The Bertz CT molecular complexity index is 384. The van der Waals surface area contributed by atoms with Crippen LogP contribution in [0.15, 0.2) is 18.5 Å². The quantitative estimate of drug-likeness (QED) is 0.569. The monoisotopic (exact) mass is 222 g/mol. The molecule has 0 atom stereocenters. The van der Waals surface area contributed by atoms with E-state index in [0.717, 1.165) is 12.8 Å². The average Bonchev–Trinajstić information content (AvgIpc) is 2.25. The minimum Gasteiger partial charge on any atom is -0.294 e. The Balaban J connectivity index is 2.48. The first kappa shape index (κ1) is 11.7.